The minimum absolute atomic E-state index is 0.127. The Morgan fingerprint density at radius 1 is 0.939 bits per heavy atom. The fourth-order valence-electron chi connectivity index (χ4n) is 3.46. The summed E-state index contributed by atoms with van der Waals surface area (Å²) in [7, 11) is 6.55. The van der Waals surface area contributed by atoms with Crippen LogP contribution >= 0.6 is 11.8 Å². The van der Waals surface area contributed by atoms with Gasteiger partial charge in [0, 0.05) is 43.4 Å². The number of carbonyl (C=O) groups is 1. The molecule has 5 heteroatoms. The van der Waals surface area contributed by atoms with E-state index in [0.29, 0.717) is 0 Å². The van der Waals surface area contributed by atoms with Gasteiger partial charge < -0.3 is 9.80 Å². The summed E-state index contributed by atoms with van der Waals surface area (Å²) in [4.78, 5) is 16.0. The lowest BCUT2D eigenvalue weighted by molar-refractivity contribution is -0.858. The molecular formula is C28H35N3OS+2. The quantitative estimate of drug-likeness (QED) is 0.442. The molecule has 0 aliphatic heterocycles. The lowest BCUT2D eigenvalue weighted by atomic mass is 10.1. The number of aryl methyl sites for hydroxylation is 1. The van der Waals surface area contributed by atoms with Crippen LogP contribution in [0.25, 0.3) is 12.2 Å². The van der Waals surface area contributed by atoms with E-state index in [-0.39, 0.29) is 5.12 Å². The van der Waals surface area contributed by atoms with Crippen molar-refractivity contribution in [1.82, 2.24) is 0 Å². The van der Waals surface area contributed by atoms with Gasteiger partial charge in [0.1, 0.15) is 0 Å². The van der Waals surface area contributed by atoms with Crippen molar-refractivity contribution in [3.63, 3.8) is 0 Å². The van der Waals surface area contributed by atoms with Crippen molar-refractivity contribution in [3.8, 4) is 0 Å². The summed E-state index contributed by atoms with van der Waals surface area (Å²) in [6, 6.07) is 22.4. The van der Waals surface area contributed by atoms with Crippen LogP contribution in [0, 0.1) is 0 Å². The first-order valence-electron chi connectivity index (χ1n) is 11.5. The Morgan fingerprint density at radius 3 is 2.21 bits per heavy atom. The molecule has 3 aromatic rings. The Morgan fingerprint density at radius 2 is 1.58 bits per heavy atom. The summed E-state index contributed by atoms with van der Waals surface area (Å²) >= 11 is 1.37. The van der Waals surface area contributed by atoms with E-state index in [1.807, 2.05) is 30.3 Å². The van der Waals surface area contributed by atoms with E-state index in [0.717, 1.165) is 30.0 Å². The molecule has 1 heterocycles. The molecule has 0 unspecified atom stereocenters. The molecular weight excluding hydrogens is 426 g/mol. The maximum atomic E-state index is 12.2. The Hall–Kier alpha value is -2.89. The van der Waals surface area contributed by atoms with Gasteiger partial charge in [-0.05, 0) is 23.3 Å². The Kier molecular flexibility index (Phi) is 9.73. The number of pyridine rings is 1. The molecule has 0 aliphatic rings. The van der Waals surface area contributed by atoms with Crippen LogP contribution in [0.3, 0.4) is 0 Å². The van der Waals surface area contributed by atoms with Gasteiger partial charge in [-0.2, -0.15) is 0 Å². The van der Waals surface area contributed by atoms with E-state index < -0.39 is 0 Å². The number of aromatic nitrogens is 1. The van der Waals surface area contributed by atoms with Gasteiger partial charge in [-0.1, -0.05) is 66.4 Å². The van der Waals surface area contributed by atoms with Crippen LogP contribution in [0.5, 0.6) is 0 Å². The smallest absolute Gasteiger partial charge is 0.219 e. The van der Waals surface area contributed by atoms with Crippen LogP contribution in [0.1, 0.15) is 27.9 Å². The van der Waals surface area contributed by atoms with E-state index in [1.54, 1.807) is 0 Å². The number of quaternary nitrogens is 1. The van der Waals surface area contributed by atoms with Crippen molar-refractivity contribution in [2.24, 2.45) is 0 Å². The molecule has 3 rings (SSSR count). The van der Waals surface area contributed by atoms with Gasteiger partial charge in [-0.15, -0.1) is 0 Å². The summed E-state index contributed by atoms with van der Waals surface area (Å²) in [5.74, 6) is 0.755. The first kappa shape index (κ1) is 24.7. The van der Waals surface area contributed by atoms with Crippen molar-refractivity contribution in [3.05, 3.63) is 95.8 Å². The minimum Gasteiger partial charge on any atom is -0.374 e. The standard InChI is InChI=1S/C28H34N3OS/c1-29(2)18-7-19-30(3)27-14-12-24(13-15-27)10-11-25-16-20-31(21-17-25)22-23-33-28(32)26-8-5-4-6-9-26/h4-6,8-17,20-21H,7,18-19,22-23H2,1-3H3/q+1/p+1. The number of rotatable bonds is 11. The van der Waals surface area contributed by atoms with Gasteiger partial charge in [0.15, 0.2) is 18.9 Å². The average Bonchev–Trinajstić information content (AvgIpc) is 2.84. The summed E-state index contributed by atoms with van der Waals surface area (Å²) in [5, 5.41) is 0.127. The third-order valence-electron chi connectivity index (χ3n) is 5.48. The first-order valence-corrected chi connectivity index (χ1v) is 12.5. The molecule has 33 heavy (non-hydrogen) atoms. The lowest BCUT2D eigenvalue weighted by Crippen LogP contribution is -3.05. The molecule has 0 aliphatic carbocycles. The maximum Gasteiger partial charge on any atom is 0.219 e. The number of nitrogens with zero attached hydrogens (tertiary/aromatic N) is 2. The molecule has 4 nitrogen and oxygen atoms in total. The van der Waals surface area contributed by atoms with Crippen LogP contribution < -0.4 is 14.4 Å². The average molecular weight is 462 g/mol. The molecule has 1 aromatic heterocycles. The number of hydrogen-bond donors (Lipinski definition) is 1. The number of carbonyl (C=O) groups excluding carboxylic acids is 1. The highest BCUT2D eigenvalue weighted by Gasteiger charge is 2.08. The van der Waals surface area contributed by atoms with Crippen molar-refractivity contribution < 1.29 is 14.3 Å². The highest BCUT2D eigenvalue weighted by Crippen LogP contribution is 2.16. The summed E-state index contributed by atoms with van der Waals surface area (Å²) in [6.07, 6.45) is 9.61. The number of anilines is 1. The van der Waals surface area contributed by atoms with E-state index in [2.05, 4.69) is 91.6 Å². The molecule has 1 N–H and O–H groups in total. The zero-order chi connectivity index (χ0) is 23.5. The van der Waals surface area contributed by atoms with Crippen LogP contribution in [0.4, 0.5) is 5.69 Å². The summed E-state index contributed by atoms with van der Waals surface area (Å²) < 4.78 is 2.12. The molecule has 0 amide bonds. The summed E-state index contributed by atoms with van der Waals surface area (Å²) in [6.45, 7) is 3.06. The van der Waals surface area contributed by atoms with Crippen LogP contribution in [0.15, 0.2) is 79.1 Å². The number of benzene rings is 2. The lowest BCUT2D eigenvalue weighted by Gasteiger charge is -2.19. The third-order valence-corrected chi connectivity index (χ3v) is 6.37. The highest BCUT2D eigenvalue weighted by atomic mass is 32.2. The van der Waals surface area contributed by atoms with Gasteiger partial charge in [-0.3, -0.25) is 4.79 Å². The molecule has 0 atom stereocenters. The zero-order valence-electron chi connectivity index (χ0n) is 19.9. The van der Waals surface area contributed by atoms with Crippen LogP contribution in [0.2, 0.25) is 0 Å². The summed E-state index contributed by atoms with van der Waals surface area (Å²) in [5.41, 5.74) is 4.37. The normalized spacial score (nSPS) is 11.3. The maximum absolute atomic E-state index is 12.2. The predicted molar refractivity (Wildman–Crippen MR) is 141 cm³/mol. The predicted octanol–water partition coefficient (Wildman–Crippen LogP) is 3.69. The van der Waals surface area contributed by atoms with Crippen molar-refractivity contribution >= 4 is 34.7 Å². The monoisotopic (exact) mass is 461 g/mol. The van der Waals surface area contributed by atoms with E-state index in [4.69, 9.17) is 0 Å². The Bertz CT molecular complexity index is 1020. The highest BCUT2D eigenvalue weighted by molar-refractivity contribution is 8.14. The number of thioether (sulfide) groups is 1. The zero-order valence-corrected chi connectivity index (χ0v) is 20.7. The molecule has 0 radical (unpaired) electrons. The number of nitrogens with one attached hydrogen (secondary N) is 1. The molecule has 0 bridgehead atoms. The fraction of sp³-hybridized carbons (Fsp3) is 0.286. The van der Waals surface area contributed by atoms with Gasteiger partial charge >= 0.3 is 0 Å². The molecule has 172 valence electrons. The second-order valence-electron chi connectivity index (χ2n) is 8.53. The topological polar surface area (TPSA) is 28.6 Å². The Labute approximate surface area is 202 Å². The van der Waals surface area contributed by atoms with Gasteiger partial charge in [-0.25, -0.2) is 4.57 Å². The molecule has 0 fully saturated rings. The van der Waals surface area contributed by atoms with Crippen molar-refractivity contribution in [1.29, 1.82) is 0 Å². The SMILES string of the molecule is CN(CCC[NH+](C)C)c1ccc(/C=C/c2cc[n+](CCSC(=O)c3ccccc3)cc2)cc1. The second-order valence-corrected chi connectivity index (χ2v) is 9.60. The van der Waals surface area contributed by atoms with Crippen LogP contribution in [-0.4, -0.2) is 45.1 Å². The Balaban J connectivity index is 1.45. The second kappa shape index (κ2) is 13.0. The van der Waals surface area contributed by atoms with Gasteiger partial charge in [0.2, 0.25) is 5.12 Å². The molecule has 0 spiro atoms. The molecule has 0 saturated heterocycles. The first-order chi connectivity index (χ1) is 16.0. The number of hydrogen-bond acceptors (Lipinski definition) is 3. The largest absolute Gasteiger partial charge is 0.374 e. The third kappa shape index (κ3) is 8.52. The van der Waals surface area contributed by atoms with Crippen molar-refractivity contribution in [2.45, 2.75) is 13.0 Å². The van der Waals surface area contributed by atoms with Gasteiger partial charge in [0.05, 0.1) is 26.4 Å². The fourth-order valence-corrected chi connectivity index (χ4v) is 4.25. The van der Waals surface area contributed by atoms with E-state index in [9.17, 15) is 4.79 Å². The van der Waals surface area contributed by atoms with Gasteiger partial charge in [0.25, 0.3) is 0 Å². The van der Waals surface area contributed by atoms with E-state index >= 15 is 0 Å². The van der Waals surface area contributed by atoms with Crippen LogP contribution in [-0.2, 0) is 6.54 Å². The molecule has 0 saturated carbocycles. The van der Waals surface area contributed by atoms with Crippen molar-refractivity contribution in [2.75, 3.05) is 44.9 Å². The minimum atomic E-state index is 0.127. The van der Waals surface area contributed by atoms with E-state index in [1.165, 1.54) is 40.9 Å². The molecule has 2 aromatic carbocycles.